The summed E-state index contributed by atoms with van der Waals surface area (Å²) in [7, 11) is 0. The summed E-state index contributed by atoms with van der Waals surface area (Å²) in [4.78, 5) is 0. The van der Waals surface area contributed by atoms with Gasteiger partial charge in [0.15, 0.2) is 23.2 Å². The molecule has 0 N–H and O–H groups in total. The minimum absolute atomic E-state index is 0.0386. The molecule has 0 amide bonds. The Hall–Kier alpha value is -2.17. The smallest absolute Gasteiger partial charge is 0.168 e. The van der Waals surface area contributed by atoms with Crippen molar-refractivity contribution >= 4 is 0 Å². The Labute approximate surface area is 233 Å². The molecule has 0 aromatic heterocycles. The second-order valence-electron chi connectivity index (χ2n) is 12.1. The lowest BCUT2D eigenvalue weighted by molar-refractivity contribution is 0.198. The first-order chi connectivity index (χ1) is 19.0. The zero-order valence-corrected chi connectivity index (χ0v) is 24.0. The van der Waals surface area contributed by atoms with Crippen molar-refractivity contribution < 1.29 is 22.6 Å². The van der Waals surface area contributed by atoms with Crippen molar-refractivity contribution in [3.05, 3.63) is 58.9 Å². The Bertz CT molecular complexity index is 1020. The van der Waals surface area contributed by atoms with E-state index in [0.717, 1.165) is 64.2 Å². The van der Waals surface area contributed by atoms with Crippen LogP contribution in [0.2, 0.25) is 0 Å². The Morgan fingerprint density at radius 3 is 1.90 bits per heavy atom. The van der Waals surface area contributed by atoms with Crippen LogP contribution in [0.4, 0.5) is 13.2 Å². The van der Waals surface area contributed by atoms with Crippen molar-refractivity contribution in [3.8, 4) is 11.5 Å². The van der Waals surface area contributed by atoms with Gasteiger partial charge in [0.2, 0.25) is 0 Å². The summed E-state index contributed by atoms with van der Waals surface area (Å²) in [5, 5.41) is 0. The number of halogens is 3. The highest BCUT2D eigenvalue weighted by Crippen LogP contribution is 2.41. The highest BCUT2D eigenvalue weighted by atomic mass is 19.2. The van der Waals surface area contributed by atoms with Gasteiger partial charge < -0.3 is 9.47 Å². The SMILES string of the molecule is CCCCCCCCOc1ccc(OCC2CCC(c3ccc(C4CCC(C)CC4)c(F)c3F)CC2)cc1F. The second kappa shape index (κ2) is 15.0. The molecule has 2 aromatic carbocycles. The summed E-state index contributed by atoms with van der Waals surface area (Å²) in [5.74, 6) is 0.297. The average Bonchev–Trinajstić information content (AvgIpc) is 2.95. The fourth-order valence-corrected chi connectivity index (χ4v) is 6.39. The van der Waals surface area contributed by atoms with Crippen LogP contribution in [0.15, 0.2) is 30.3 Å². The zero-order valence-electron chi connectivity index (χ0n) is 24.0. The van der Waals surface area contributed by atoms with E-state index >= 15 is 8.78 Å². The van der Waals surface area contributed by atoms with E-state index < -0.39 is 17.5 Å². The normalized spacial score (nSPS) is 23.5. The Morgan fingerprint density at radius 1 is 0.692 bits per heavy atom. The topological polar surface area (TPSA) is 18.5 Å². The van der Waals surface area contributed by atoms with Crippen molar-refractivity contribution in [1.29, 1.82) is 0 Å². The maximum atomic E-state index is 15.1. The number of hydrogen-bond acceptors (Lipinski definition) is 2. The molecule has 2 fully saturated rings. The molecular weight excluding hydrogens is 497 g/mol. The fraction of sp³-hybridized carbons (Fsp3) is 0.647. The summed E-state index contributed by atoms with van der Waals surface area (Å²) < 4.78 is 56.2. The first-order valence-corrected chi connectivity index (χ1v) is 15.5. The zero-order chi connectivity index (χ0) is 27.6. The van der Waals surface area contributed by atoms with E-state index in [1.807, 2.05) is 12.1 Å². The predicted octanol–water partition coefficient (Wildman–Crippen LogP) is 10.5. The van der Waals surface area contributed by atoms with Gasteiger partial charge in [0.05, 0.1) is 13.2 Å². The highest BCUT2D eigenvalue weighted by Gasteiger charge is 2.29. The van der Waals surface area contributed by atoms with Crippen LogP contribution < -0.4 is 9.47 Å². The van der Waals surface area contributed by atoms with Gasteiger partial charge >= 0.3 is 0 Å². The van der Waals surface area contributed by atoms with Crippen LogP contribution in [0, 0.1) is 29.3 Å². The minimum Gasteiger partial charge on any atom is -0.493 e. The molecular formula is C34H47F3O2. The maximum absolute atomic E-state index is 15.1. The van der Waals surface area contributed by atoms with Crippen molar-refractivity contribution in [3.63, 3.8) is 0 Å². The quantitative estimate of drug-likeness (QED) is 0.234. The van der Waals surface area contributed by atoms with Gasteiger partial charge in [0.1, 0.15) is 5.75 Å². The second-order valence-corrected chi connectivity index (χ2v) is 12.1. The molecule has 2 nitrogen and oxygen atoms in total. The summed E-state index contributed by atoms with van der Waals surface area (Å²) >= 11 is 0. The molecule has 5 heteroatoms. The molecule has 2 saturated carbocycles. The number of benzene rings is 2. The van der Waals surface area contributed by atoms with Crippen LogP contribution >= 0.6 is 0 Å². The summed E-state index contributed by atoms with van der Waals surface area (Å²) in [5.41, 5.74) is 1.09. The molecule has 2 aliphatic carbocycles. The van der Waals surface area contributed by atoms with Crippen molar-refractivity contribution in [1.82, 2.24) is 0 Å². The molecule has 4 rings (SSSR count). The summed E-state index contributed by atoms with van der Waals surface area (Å²) in [6.45, 7) is 5.46. The molecule has 0 bridgehead atoms. The van der Waals surface area contributed by atoms with Crippen LogP contribution in [-0.4, -0.2) is 13.2 Å². The van der Waals surface area contributed by atoms with Crippen LogP contribution in [0.3, 0.4) is 0 Å². The van der Waals surface area contributed by atoms with Gasteiger partial charge in [-0.15, -0.1) is 0 Å². The molecule has 216 valence electrons. The van der Waals surface area contributed by atoms with Gasteiger partial charge in [-0.05, 0) is 91.9 Å². The lowest BCUT2D eigenvalue weighted by Gasteiger charge is -2.30. The molecule has 0 radical (unpaired) electrons. The Balaban J connectivity index is 1.20. The third kappa shape index (κ3) is 8.41. The molecule has 39 heavy (non-hydrogen) atoms. The van der Waals surface area contributed by atoms with E-state index in [1.54, 1.807) is 12.1 Å². The van der Waals surface area contributed by atoms with E-state index in [4.69, 9.17) is 9.47 Å². The van der Waals surface area contributed by atoms with Crippen LogP contribution in [-0.2, 0) is 0 Å². The largest absolute Gasteiger partial charge is 0.493 e. The van der Waals surface area contributed by atoms with Gasteiger partial charge in [-0.2, -0.15) is 0 Å². The minimum atomic E-state index is -0.639. The van der Waals surface area contributed by atoms with Gasteiger partial charge in [-0.25, -0.2) is 13.2 Å². The molecule has 0 saturated heterocycles. The maximum Gasteiger partial charge on any atom is 0.168 e. The molecule has 0 aliphatic heterocycles. The van der Waals surface area contributed by atoms with E-state index in [1.165, 1.54) is 31.7 Å². The lowest BCUT2D eigenvalue weighted by Crippen LogP contribution is -2.20. The van der Waals surface area contributed by atoms with Crippen LogP contribution in [0.5, 0.6) is 11.5 Å². The third-order valence-corrected chi connectivity index (χ3v) is 9.03. The van der Waals surface area contributed by atoms with E-state index in [2.05, 4.69) is 13.8 Å². The summed E-state index contributed by atoms with van der Waals surface area (Å²) in [6, 6.07) is 8.49. The fourth-order valence-electron chi connectivity index (χ4n) is 6.39. The van der Waals surface area contributed by atoms with Crippen molar-refractivity contribution in [2.75, 3.05) is 13.2 Å². The highest BCUT2D eigenvalue weighted by molar-refractivity contribution is 5.33. The lowest BCUT2D eigenvalue weighted by atomic mass is 9.76. The van der Waals surface area contributed by atoms with Gasteiger partial charge in [0.25, 0.3) is 0 Å². The average molecular weight is 545 g/mol. The van der Waals surface area contributed by atoms with E-state index in [9.17, 15) is 4.39 Å². The number of rotatable bonds is 13. The van der Waals surface area contributed by atoms with Gasteiger partial charge in [-0.3, -0.25) is 0 Å². The standard InChI is InChI=1S/C34H47F3O2/c1-3-4-5-6-7-8-21-38-32-20-17-28(22-31(32)35)39-23-25-11-15-27(16-12-25)30-19-18-29(33(36)34(30)37)26-13-9-24(2)10-14-26/h17-20,22,24-27H,3-16,21,23H2,1-2H3. The Kier molecular flexibility index (Phi) is 11.5. The molecule has 0 heterocycles. The number of ether oxygens (including phenoxy) is 2. The Morgan fingerprint density at radius 2 is 1.28 bits per heavy atom. The number of hydrogen-bond donors (Lipinski definition) is 0. The monoisotopic (exact) mass is 544 g/mol. The third-order valence-electron chi connectivity index (χ3n) is 9.03. The first-order valence-electron chi connectivity index (χ1n) is 15.5. The molecule has 0 atom stereocenters. The van der Waals surface area contributed by atoms with Crippen molar-refractivity contribution in [2.24, 2.45) is 11.8 Å². The summed E-state index contributed by atoms with van der Waals surface area (Å²) in [6.07, 6.45) is 14.4. The first kappa shape index (κ1) is 29.8. The van der Waals surface area contributed by atoms with E-state index in [-0.39, 0.29) is 17.6 Å². The molecule has 2 aromatic rings. The number of unbranched alkanes of at least 4 members (excludes halogenated alkanes) is 5. The van der Waals surface area contributed by atoms with Crippen LogP contribution in [0.1, 0.15) is 127 Å². The molecule has 0 unspecified atom stereocenters. The van der Waals surface area contributed by atoms with Gasteiger partial charge in [-0.1, -0.05) is 70.9 Å². The van der Waals surface area contributed by atoms with Crippen molar-refractivity contribution in [2.45, 2.75) is 116 Å². The van der Waals surface area contributed by atoms with Gasteiger partial charge in [0, 0.05) is 6.07 Å². The molecule has 0 spiro atoms. The van der Waals surface area contributed by atoms with E-state index in [0.29, 0.717) is 41.9 Å². The van der Waals surface area contributed by atoms with Crippen LogP contribution in [0.25, 0.3) is 0 Å². The predicted molar refractivity (Wildman–Crippen MR) is 152 cm³/mol. The molecule has 2 aliphatic rings.